The number of aromatic nitrogens is 1. The van der Waals surface area contributed by atoms with Gasteiger partial charge in [-0.15, -0.1) is 0 Å². The smallest absolute Gasteiger partial charge is 0.294 e. The summed E-state index contributed by atoms with van der Waals surface area (Å²) in [5.74, 6) is -4.00. The van der Waals surface area contributed by atoms with E-state index < -0.39 is 59.5 Å². The molecule has 2 aliphatic rings. The molecule has 4 aromatic carbocycles. The first-order chi connectivity index (χ1) is 34.7. The van der Waals surface area contributed by atoms with Crippen LogP contribution in [0.4, 0.5) is 11.4 Å². The molecule has 2 aliphatic heterocycles. The number of fused-ring (bicyclic) bond motifs is 1. The van der Waals surface area contributed by atoms with Gasteiger partial charge in [0.2, 0.25) is 23.6 Å². The van der Waals surface area contributed by atoms with Crippen molar-refractivity contribution in [3.8, 4) is 11.1 Å². The minimum atomic E-state index is -1.29. The van der Waals surface area contributed by atoms with Crippen molar-refractivity contribution < 1.29 is 52.2 Å². The molecule has 4 heterocycles. The topological polar surface area (TPSA) is 228 Å². The highest BCUT2D eigenvalue weighted by Crippen LogP contribution is 2.34. The lowest BCUT2D eigenvalue weighted by Crippen LogP contribution is -2.54. The summed E-state index contributed by atoms with van der Waals surface area (Å²) in [7, 11) is 0. The number of rotatable bonds is 23. The van der Waals surface area contributed by atoms with Gasteiger partial charge < -0.3 is 34.6 Å². The number of hydrogen-bond donors (Lipinski definition) is 4. The van der Waals surface area contributed by atoms with Gasteiger partial charge in [0, 0.05) is 48.8 Å². The van der Waals surface area contributed by atoms with Gasteiger partial charge >= 0.3 is 0 Å². The van der Waals surface area contributed by atoms with Gasteiger partial charge in [0.25, 0.3) is 17.7 Å². The molecule has 2 aromatic heterocycles. The third-order valence-corrected chi connectivity index (χ3v) is 11.7. The first-order valence-corrected chi connectivity index (χ1v) is 23.1. The van der Waals surface area contributed by atoms with Gasteiger partial charge in [0.05, 0.1) is 57.0 Å². The maximum atomic E-state index is 14.7. The first-order valence-electron chi connectivity index (χ1n) is 23.1. The van der Waals surface area contributed by atoms with E-state index in [0.29, 0.717) is 29.0 Å². The van der Waals surface area contributed by atoms with Crippen LogP contribution in [-0.2, 0) is 33.4 Å². The van der Waals surface area contributed by atoms with E-state index in [1.165, 1.54) is 29.5 Å². The van der Waals surface area contributed by atoms with Crippen molar-refractivity contribution in [3.63, 3.8) is 0 Å². The predicted molar refractivity (Wildman–Crippen MR) is 259 cm³/mol. The third-order valence-electron chi connectivity index (χ3n) is 11.7. The first kappa shape index (κ1) is 49.1. The number of furan rings is 1. The molecule has 0 bridgehead atoms. The van der Waals surface area contributed by atoms with Gasteiger partial charge in [-0.05, 0) is 65.6 Å². The Bertz CT molecular complexity index is 2810. The molecule has 1 saturated heterocycles. The zero-order chi connectivity index (χ0) is 49.5. The fraction of sp³-hybridized carbons (Fsp3) is 0.245. The second-order valence-electron chi connectivity index (χ2n) is 16.3. The fourth-order valence-corrected chi connectivity index (χ4v) is 8.28. The number of piperidine rings is 1. The predicted octanol–water partition coefficient (Wildman–Crippen LogP) is 5.27. The van der Waals surface area contributed by atoms with Gasteiger partial charge in [0.15, 0.2) is 5.76 Å². The molecule has 6 aromatic rings. The van der Waals surface area contributed by atoms with Crippen LogP contribution in [-0.4, -0.2) is 110 Å². The lowest BCUT2D eigenvalue weighted by atomic mass is 10.0. The van der Waals surface area contributed by atoms with Crippen molar-refractivity contribution in [2.24, 2.45) is 0 Å². The highest BCUT2D eigenvalue weighted by atomic mass is 16.5. The SMILES string of the molecule is O=C1CCC(N2C(=O)c3cccc(NCCOCCOCCOCCNC(=O)[C@H](NC(=O)[C@@H](c4cccnc4)N(C(=O)c4ccco4)c4ccc(-c5ccccc5)cc4)c4ccccc4)c3C2=O)C(=O)N1. The Morgan fingerprint density at radius 3 is 2.06 bits per heavy atom. The number of hydrogen-bond acceptors (Lipinski definition) is 13. The van der Waals surface area contributed by atoms with Gasteiger partial charge in [-0.25, -0.2) is 0 Å². The van der Waals surface area contributed by atoms with Crippen molar-refractivity contribution in [2.45, 2.75) is 31.0 Å². The van der Waals surface area contributed by atoms with Crippen molar-refractivity contribution in [2.75, 3.05) is 62.9 Å². The third kappa shape index (κ3) is 11.9. The molecule has 18 heteroatoms. The number of amides is 7. The summed E-state index contributed by atoms with van der Waals surface area (Å²) in [6.45, 7) is 1.89. The molecule has 0 radical (unpaired) electrons. The zero-order valence-corrected chi connectivity index (χ0v) is 38.5. The Kier molecular flexibility index (Phi) is 16.5. The Morgan fingerprint density at radius 2 is 1.38 bits per heavy atom. The van der Waals surface area contributed by atoms with E-state index >= 15 is 0 Å². The largest absolute Gasteiger partial charge is 0.459 e. The zero-order valence-electron chi connectivity index (χ0n) is 38.5. The van der Waals surface area contributed by atoms with E-state index in [0.717, 1.165) is 16.0 Å². The fourth-order valence-electron chi connectivity index (χ4n) is 8.28. The van der Waals surface area contributed by atoms with E-state index in [1.54, 1.807) is 79.0 Å². The number of nitrogens with zero attached hydrogens (tertiary/aromatic N) is 3. The van der Waals surface area contributed by atoms with Crippen LogP contribution in [0.2, 0.25) is 0 Å². The number of carbonyl (C=O) groups is 7. The molecule has 0 saturated carbocycles. The molecule has 0 spiro atoms. The summed E-state index contributed by atoms with van der Waals surface area (Å²) in [6.07, 6.45) is 4.56. The van der Waals surface area contributed by atoms with Crippen LogP contribution in [0.3, 0.4) is 0 Å². The second-order valence-corrected chi connectivity index (χ2v) is 16.3. The van der Waals surface area contributed by atoms with Crippen LogP contribution < -0.4 is 26.2 Å². The van der Waals surface area contributed by atoms with E-state index in [4.69, 9.17) is 18.6 Å². The summed E-state index contributed by atoms with van der Waals surface area (Å²) in [5, 5.41) is 11.1. The van der Waals surface area contributed by atoms with Crippen molar-refractivity contribution >= 4 is 52.7 Å². The number of ether oxygens (including phenoxy) is 3. The Labute approximate surface area is 408 Å². The second kappa shape index (κ2) is 23.8. The molecule has 4 N–H and O–H groups in total. The number of carbonyl (C=O) groups excluding carboxylic acids is 7. The molecule has 8 rings (SSSR count). The molecule has 3 atom stereocenters. The van der Waals surface area contributed by atoms with Crippen LogP contribution in [0, 0.1) is 0 Å². The molecule has 71 heavy (non-hydrogen) atoms. The summed E-state index contributed by atoms with van der Waals surface area (Å²) >= 11 is 0. The average molecular weight is 962 g/mol. The molecule has 364 valence electrons. The van der Waals surface area contributed by atoms with E-state index in [-0.39, 0.29) is 75.9 Å². The Balaban J connectivity index is 0.803. The van der Waals surface area contributed by atoms with E-state index in [9.17, 15) is 33.6 Å². The summed E-state index contributed by atoms with van der Waals surface area (Å²) < 4.78 is 22.5. The number of anilines is 2. The lowest BCUT2D eigenvalue weighted by Gasteiger charge is -2.32. The van der Waals surface area contributed by atoms with Crippen LogP contribution in [0.25, 0.3) is 11.1 Å². The van der Waals surface area contributed by atoms with Crippen LogP contribution in [0.5, 0.6) is 0 Å². The number of benzene rings is 4. The summed E-state index contributed by atoms with van der Waals surface area (Å²) in [5.41, 5.74) is 3.99. The quantitative estimate of drug-likeness (QED) is 0.0475. The molecular formula is C53H51N7O11. The summed E-state index contributed by atoms with van der Waals surface area (Å²) in [4.78, 5) is 100.0. The van der Waals surface area contributed by atoms with Crippen LogP contribution in [0.15, 0.2) is 150 Å². The van der Waals surface area contributed by atoms with Gasteiger partial charge in [-0.3, -0.25) is 53.7 Å². The number of imide groups is 2. The van der Waals surface area contributed by atoms with Gasteiger partial charge in [0.1, 0.15) is 18.1 Å². The number of pyridine rings is 1. The molecule has 0 aliphatic carbocycles. The standard InChI is InChI=1S/C53H51N7O11/c61-44-23-22-42(48(62)57-44)60-51(65)40-15-7-16-41(45(40)53(60)67)55-25-28-68-30-32-70-33-31-69-29-26-56-49(63)46(37-12-5-2-6-13-37)58-50(64)47(38-14-8-24-54-34-38)59(52(66)43-17-9-27-71-43)39-20-18-36(19-21-39)35-10-3-1-4-11-35/h1-21,24,27,34,42,46-47,55H,22-23,25-26,28-33H2,(H,56,63)(H,58,64)(H,57,61,62)/t42?,46-,47-/m1/s1. The van der Waals surface area contributed by atoms with Gasteiger partial charge in [-0.1, -0.05) is 84.9 Å². The number of nitrogens with one attached hydrogen (secondary N) is 4. The molecule has 18 nitrogen and oxygen atoms in total. The molecule has 1 unspecified atom stereocenters. The minimum absolute atomic E-state index is 0.0103. The molecule has 7 amide bonds. The van der Waals surface area contributed by atoms with Crippen molar-refractivity contribution in [1.29, 1.82) is 0 Å². The maximum absolute atomic E-state index is 14.7. The summed E-state index contributed by atoms with van der Waals surface area (Å²) in [6, 6.07) is 33.6. The van der Waals surface area contributed by atoms with Crippen LogP contribution >= 0.6 is 0 Å². The molecular weight excluding hydrogens is 911 g/mol. The maximum Gasteiger partial charge on any atom is 0.294 e. The van der Waals surface area contributed by atoms with Crippen LogP contribution in [0.1, 0.15) is 67.3 Å². The Hall–Kier alpha value is -8.32. The normalized spacial score (nSPS) is 15.1. The monoisotopic (exact) mass is 961 g/mol. The Morgan fingerprint density at radius 1 is 0.704 bits per heavy atom. The lowest BCUT2D eigenvalue weighted by molar-refractivity contribution is -0.136. The molecule has 1 fully saturated rings. The highest BCUT2D eigenvalue weighted by molar-refractivity contribution is 6.25. The van der Waals surface area contributed by atoms with E-state index in [1.807, 2.05) is 42.5 Å². The highest BCUT2D eigenvalue weighted by Gasteiger charge is 2.45. The van der Waals surface area contributed by atoms with Gasteiger partial charge in [-0.2, -0.15) is 0 Å². The van der Waals surface area contributed by atoms with Crippen molar-refractivity contribution in [3.05, 3.63) is 174 Å². The van der Waals surface area contributed by atoms with E-state index in [2.05, 4.69) is 26.3 Å². The van der Waals surface area contributed by atoms with Crippen molar-refractivity contribution in [1.82, 2.24) is 25.8 Å². The minimum Gasteiger partial charge on any atom is -0.459 e. The average Bonchev–Trinajstić information content (AvgIpc) is 4.03.